The zero-order valence-corrected chi connectivity index (χ0v) is 8.94. The van der Waals surface area contributed by atoms with Crippen molar-refractivity contribution in [3.63, 3.8) is 0 Å². The van der Waals surface area contributed by atoms with Crippen molar-refractivity contribution in [1.82, 2.24) is 4.98 Å². The SMILES string of the molecule is CC(CCCN)C(=O)c1cnccc1N. The molecule has 1 heterocycles. The molecule has 0 aliphatic carbocycles. The number of nitrogen functional groups attached to an aromatic ring is 1. The maximum atomic E-state index is 11.9. The predicted octanol–water partition coefficient (Wildman–Crippen LogP) is 1.22. The van der Waals surface area contributed by atoms with E-state index in [9.17, 15) is 4.79 Å². The number of aromatic nitrogens is 1. The third-order valence-corrected chi connectivity index (χ3v) is 2.41. The lowest BCUT2D eigenvalue weighted by Crippen LogP contribution is -2.15. The third-order valence-electron chi connectivity index (χ3n) is 2.41. The van der Waals surface area contributed by atoms with Gasteiger partial charge in [0, 0.05) is 24.0 Å². The molecule has 1 atom stereocenters. The molecule has 1 aromatic heterocycles. The first kappa shape index (κ1) is 11.7. The van der Waals surface area contributed by atoms with Crippen molar-refractivity contribution >= 4 is 11.5 Å². The third kappa shape index (κ3) is 3.02. The first-order valence-electron chi connectivity index (χ1n) is 5.10. The van der Waals surface area contributed by atoms with Crippen molar-refractivity contribution in [3.05, 3.63) is 24.0 Å². The number of hydrogen-bond donors (Lipinski definition) is 2. The van der Waals surface area contributed by atoms with Crippen molar-refractivity contribution in [2.24, 2.45) is 11.7 Å². The Morgan fingerprint density at radius 1 is 1.60 bits per heavy atom. The molecule has 0 aliphatic rings. The highest BCUT2D eigenvalue weighted by Gasteiger charge is 2.16. The standard InChI is InChI=1S/C11H17N3O/c1-8(3-2-5-12)11(15)9-7-14-6-4-10(9)13/h4,6-8H,2-3,5,12H2,1H3,(H2,13,14). The average Bonchev–Trinajstić information content (AvgIpc) is 2.25. The number of anilines is 1. The number of nitrogens with zero attached hydrogens (tertiary/aromatic N) is 1. The second kappa shape index (κ2) is 5.46. The number of ketones is 1. The summed E-state index contributed by atoms with van der Waals surface area (Å²) in [6, 6.07) is 1.64. The molecule has 1 rings (SSSR count). The largest absolute Gasteiger partial charge is 0.398 e. The maximum Gasteiger partial charge on any atom is 0.169 e. The number of Topliss-reactive ketones (excluding diaryl/α,β-unsaturated/α-hetero) is 1. The summed E-state index contributed by atoms with van der Waals surface area (Å²) < 4.78 is 0. The van der Waals surface area contributed by atoms with Crippen LogP contribution in [0.3, 0.4) is 0 Å². The van der Waals surface area contributed by atoms with Crippen LogP contribution < -0.4 is 11.5 Å². The van der Waals surface area contributed by atoms with Gasteiger partial charge in [-0.1, -0.05) is 6.92 Å². The van der Waals surface area contributed by atoms with Crippen LogP contribution in [0.2, 0.25) is 0 Å². The molecule has 1 unspecified atom stereocenters. The van der Waals surface area contributed by atoms with Crippen LogP contribution in [0.1, 0.15) is 30.1 Å². The van der Waals surface area contributed by atoms with Gasteiger partial charge in [-0.25, -0.2) is 0 Å². The number of nitrogens with two attached hydrogens (primary N) is 2. The Balaban J connectivity index is 2.72. The minimum atomic E-state index is -0.0416. The Bertz CT molecular complexity index is 338. The molecule has 4 N–H and O–H groups in total. The fourth-order valence-electron chi connectivity index (χ4n) is 1.43. The van der Waals surface area contributed by atoms with Crippen molar-refractivity contribution in [3.8, 4) is 0 Å². The number of rotatable bonds is 5. The van der Waals surface area contributed by atoms with Crippen LogP contribution in [0.15, 0.2) is 18.5 Å². The van der Waals surface area contributed by atoms with Gasteiger partial charge >= 0.3 is 0 Å². The van der Waals surface area contributed by atoms with Gasteiger partial charge < -0.3 is 11.5 Å². The molecule has 0 fully saturated rings. The zero-order valence-electron chi connectivity index (χ0n) is 8.94. The van der Waals surface area contributed by atoms with Gasteiger partial charge in [-0.05, 0) is 25.5 Å². The van der Waals surface area contributed by atoms with Gasteiger partial charge in [0.15, 0.2) is 5.78 Å². The molecule has 0 radical (unpaired) electrons. The van der Waals surface area contributed by atoms with E-state index in [-0.39, 0.29) is 11.7 Å². The molecule has 0 saturated heterocycles. The van der Waals surface area contributed by atoms with E-state index in [0.29, 0.717) is 17.8 Å². The Labute approximate surface area is 89.7 Å². The minimum absolute atomic E-state index is 0.0416. The van der Waals surface area contributed by atoms with Gasteiger partial charge in [0.05, 0.1) is 5.56 Å². The van der Waals surface area contributed by atoms with Crippen LogP contribution in [0.4, 0.5) is 5.69 Å². The van der Waals surface area contributed by atoms with Gasteiger partial charge in [-0.3, -0.25) is 9.78 Å². The highest BCUT2D eigenvalue weighted by Crippen LogP contribution is 2.17. The summed E-state index contributed by atoms with van der Waals surface area (Å²) in [4.78, 5) is 15.8. The summed E-state index contributed by atoms with van der Waals surface area (Å²) in [6.07, 6.45) is 4.75. The van der Waals surface area contributed by atoms with Gasteiger partial charge in [0.2, 0.25) is 0 Å². The van der Waals surface area contributed by atoms with Crippen LogP contribution in [0, 0.1) is 5.92 Å². The lowest BCUT2D eigenvalue weighted by Gasteiger charge is -2.10. The van der Waals surface area contributed by atoms with E-state index in [4.69, 9.17) is 11.5 Å². The van der Waals surface area contributed by atoms with Crippen molar-refractivity contribution in [2.75, 3.05) is 12.3 Å². The Hall–Kier alpha value is -1.42. The summed E-state index contributed by atoms with van der Waals surface area (Å²) in [5, 5.41) is 0. The summed E-state index contributed by atoms with van der Waals surface area (Å²) in [6.45, 7) is 2.50. The molecule has 0 spiro atoms. The molecule has 15 heavy (non-hydrogen) atoms. The van der Waals surface area contributed by atoms with Crippen LogP contribution in [-0.2, 0) is 0 Å². The first-order valence-corrected chi connectivity index (χ1v) is 5.10. The van der Waals surface area contributed by atoms with E-state index in [0.717, 1.165) is 12.8 Å². The minimum Gasteiger partial charge on any atom is -0.398 e. The molecular weight excluding hydrogens is 190 g/mol. The zero-order chi connectivity index (χ0) is 11.3. The van der Waals surface area contributed by atoms with Crippen LogP contribution in [0.5, 0.6) is 0 Å². The molecule has 4 nitrogen and oxygen atoms in total. The molecular formula is C11H17N3O. The maximum absolute atomic E-state index is 11.9. The molecule has 0 saturated carbocycles. The molecule has 82 valence electrons. The summed E-state index contributed by atoms with van der Waals surface area (Å²) in [7, 11) is 0. The highest BCUT2D eigenvalue weighted by molar-refractivity contribution is 6.01. The quantitative estimate of drug-likeness (QED) is 0.711. The summed E-state index contributed by atoms with van der Waals surface area (Å²) in [5.74, 6) is 0.00843. The van der Waals surface area contributed by atoms with Crippen LogP contribution in [-0.4, -0.2) is 17.3 Å². The van der Waals surface area contributed by atoms with Gasteiger partial charge in [0.1, 0.15) is 0 Å². The molecule has 0 aromatic carbocycles. The Kier molecular flexibility index (Phi) is 4.24. The molecule has 0 bridgehead atoms. The van der Waals surface area contributed by atoms with E-state index in [2.05, 4.69) is 4.98 Å². The normalized spacial score (nSPS) is 12.4. The Morgan fingerprint density at radius 2 is 2.33 bits per heavy atom. The van der Waals surface area contributed by atoms with Gasteiger partial charge in [-0.2, -0.15) is 0 Å². The molecule has 1 aromatic rings. The van der Waals surface area contributed by atoms with Gasteiger partial charge in [0.25, 0.3) is 0 Å². The summed E-state index contributed by atoms with van der Waals surface area (Å²) in [5.41, 5.74) is 12.1. The lowest BCUT2D eigenvalue weighted by atomic mass is 9.95. The van der Waals surface area contributed by atoms with E-state index in [1.165, 1.54) is 6.20 Å². The number of pyridine rings is 1. The number of carbonyl (C=O) groups excluding carboxylic acids is 1. The van der Waals surface area contributed by atoms with E-state index < -0.39 is 0 Å². The van der Waals surface area contributed by atoms with Gasteiger partial charge in [-0.15, -0.1) is 0 Å². The second-order valence-corrected chi connectivity index (χ2v) is 3.66. The fraction of sp³-hybridized carbons (Fsp3) is 0.455. The van der Waals surface area contributed by atoms with Crippen LogP contribution >= 0.6 is 0 Å². The number of carbonyl (C=O) groups is 1. The monoisotopic (exact) mass is 207 g/mol. The van der Waals surface area contributed by atoms with Crippen molar-refractivity contribution in [1.29, 1.82) is 0 Å². The summed E-state index contributed by atoms with van der Waals surface area (Å²) >= 11 is 0. The van der Waals surface area contributed by atoms with E-state index in [1.807, 2.05) is 6.92 Å². The fourth-order valence-corrected chi connectivity index (χ4v) is 1.43. The topological polar surface area (TPSA) is 82.0 Å². The van der Waals surface area contributed by atoms with E-state index >= 15 is 0 Å². The predicted molar refractivity (Wildman–Crippen MR) is 60.4 cm³/mol. The second-order valence-electron chi connectivity index (χ2n) is 3.66. The Morgan fingerprint density at radius 3 is 2.93 bits per heavy atom. The number of hydrogen-bond acceptors (Lipinski definition) is 4. The first-order chi connectivity index (χ1) is 7.16. The van der Waals surface area contributed by atoms with Crippen LogP contribution in [0.25, 0.3) is 0 Å². The average molecular weight is 207 g/mol. The molecule has 0 amide bonds. The molecule has 0 aliphatic heterocycles. The molecule has 4 heteroatoms. The smallest absolute Gasteiger partial charge is 0.169 e. The highest BCUT2D eigenvalue weighted by atomic mass is 16.1. The van der Waals surface area contributed by atoms with Crippen molar-refractivity contribution < 1.29 is 4.79 Å². The van der Waals surface area contributed by atoms with Crippen molar-refractivity contribution in [2.45, 2.75) is 19.8 Å². The van der Waals surface area contributed by atoms with E-state index in [1.54, 1.807) is 12.3 Å². The lowest BCUT2D eigenvalue weighted by molar-refractivity contribution is 0.0924.